The Morgan fingerprint density at radius 2 is 1.81 bits per heavy atom. The number of hydrogen-bond donors (Lipinski definition) is 0. The average molecular weight is 442 g/mol. The van der Waals surface area contributed by atoms with E-state index in [4.69, 9.17) is 0 Å². The van der Waals surface area contributed by atoms with Gasteiger partial charge < -0.3 is 4.90 Å². The molecule has 0 radical (unpaired) electrons. The molecule has 1 saturated heterocycles. The summed E-state index contributed by atoms with van der Waals surface area (Å²) in [4.78, 5) is 22.0. The molecule has 2 aromatic carbocycles. The van der Waals surface area contributed by atoms with Gasteiger partial charge in [-0.2, -0.15) is 4.99 Å². The highest BCUT2D eigenvalue weighted by Crippen LogP contribution is 2.31. The second-order valence-electron chi connectivity index (χ2n) is 6.61. The summed E-state index contributed by atoms with van der Waals surface area (Å²) < 4.78 is 1.00. The van der Waals surface area contributed by atoms with E-state index in [0.717, 1.165) is 47.9 Å². The van der Waals surface area contributed by atoms with Gasteiger partial charge in [-0.1, -0.05) is 58.4 Å². The number of thioether (sulfide) groups is 1. The van der Waals surface area contributed by atoms with Crippen LogP contribution in [-0.4, -0.2) is 47.1 Å². The molecule has 6 heteroatoms. The molecule has 0 saturated carbocycles. The molecule has 2 aromatic rings. The molecule has 1 fully saturated rings. The van der Waals surface area contributed by atoms with E-state index in [-0.39, 0.29) is 5.91 Å². The van der Waals surface area contributed by atoms with Crippen LogP contribution in [0, 0.1) is 0 Å². The van der Waals surface area contributed by atoms with E-state index in [1.54, 1.807) is 0 Å². The second kappa shape index (κ2) is 8.42. The van der Waals surface area contributed by atoms with Crippen molar-refractivity contribution in [1.29, 1.82) is 0 Å². The average Bonchev–Trinajstić information content (AvgIpc) is 3.04. The van der Waals surface area contributed by atoms with Gasteiger partial charge in [-0.05, 0) is 41.1 Å². The van der Waals surface area contributed by atoms with E-state index in [9.17, 15) is 4.79 Å². The van der Waals surface area contributed by atoms with Crippen molar-refractivity contribution < 1.29 is 4.79 Å². The highest BCUT2D eigenvalue weighted by atomic mass is 79.9. The summed E-state index contributed by atoms with van der Waals surface area (Å²) in [5, 5.41) is 0.834. The molecule has 0 N–H and O–H groups in total. The van der Waals surface area contributed by atoms with Crippen LogP contribution in [0.4, 0.5) is 0 Å². The molecule has 0 aliphatic carbocycles. The number of rotatable bonds is 3. The van der Waals surface area contributed by atoms with Crippen molar-refractivity contribution in [3.05, 3.63) is 75.1 Å². The molecule has 138 valence electrons. The molecule has 4 nitrogen and oxygen atoms in total. The molecule has 0 spiro atoms. The minimum absolute atomic E-state index is 0.137. The largest absolute Gasteiger partial charge is 0.348 e. The third-order valence-corrected chi connectivity index (χ3v) is 6.19. The number of nitrogens with zero attached hydrogens (tertiary/aromatic N) is 3. The van der Waals surface area contributed by atoms with Crippen LogP contribution in [0.5, 0.6) is 0 Å². The van der Waals surface area contributed by atoms with Crippen LogP contribution in [0.2, 0.25) is 0 Å². The molecule has 2 aliphatic heterocycles. The first-order valence-electron chi connectivity index (χ1n) is 8.97. The van der Waals surface area contributed by atoms with Crippen LogP contribution in [0.3, 0.4) is 0 Å². The zero-order valence-corrected chi connectivity index (χ0v) is 17.2. The van der Waals surface area contributed by atoms with Crippen molar-refractivity contribution in [3.63, 3.8) is 0 Å². The van der Waals surface area contributed by atoms with E-state index in [2.05, 4.69) is 55.0 Å². The number of amidine groups is 1. The molecule has 2 aliphatic rings. The van der Waals surface area contributed by atoms with Crippen molar-refractivity contribution >= 4 is 44.8 Å². The molecular weight excluding hydrogens is 422 g/mol. The molecule has 1 amide bonds. The maximum absolute atomic E-state index is 12.3. The summed E-state index contributed by atoms with van der Waals surface area (Å²) >= 11 is 4.95. The van der Waals surface area contributed by atoms with E-state index < -0.39 is 0 Å². The first-order chi connectivity index (χ1) is 13.2. The quantitative estimate of drug-likeness (QED) is 0.667. The first kappa shape index (κ1) is 18.5. The summed E-state index contributed by atoms with van der Waals surface area (Å²) in [7, 11) is 0. The van der Waals surface area contributed by atoms with Crippen molar-refractivity contribution in [1.82, 2.24) is 9.80 Å². The molecule has 0 bridgehead atoms. The summed E-state index contributed by atoms with van der Waals surface area (Å²) in [6.07, 6.45) is 1.92. The van der Waals surface area contributed by atoms with Gasteiger partial charge >= 0.3 is 0 Å². The predicted molar refractivity (Wildman–Crippen MR) is 115 cm³/mol. The summed E-state index contributed by atoms with van der Waals surface area (Å²) in [6, 6.07) is 18.5. The van der Waals surface area contributed by atoms with Crippen LogP contribution >= 0.6 is 27.7 Å². The van der Waals surface area contributed by atoms with Crippen molar-refractivity contribution in [2.24, 2.45) is 4.99 Å². The van der Waals surface area contributed by atoms with Gasteiger partial charge in [0.2, 0.25) is 0 Å². The topological polar surface area (TPSA) is 35.9 Å². The van der Waals surface area contributed by atoms with Gasteiger partial charge in [0.25, 0.3) is 5.91 Å². The number of benzene rings is 2. The number of carbonyl (C=O) groups is 1. The number of halogens is 1. The summed E-state index contributed by atoms with van der Waals surface area (Å²) in [5.41, 5.74) is 2.34. The Hall–Kier alpha value is -1.89. The fraction of sp³-hybridized carbons (Fsp3) is 0.238. The molecule has 27 heavy (non-hydrogen) atoms. The van der Waals surface area contributed by atoms with E-state index in [1.165, 1.54) is 17.3 Å². The highest BCUT2D eigenvalue weighted by molar-refractivity contribution is 9.10. The minimum atomic E-state index is -0.137. The van der Waals surface area contributed by atoms with E-state index in [1.807, 2.05) is 36.4 Å². The van der Waals surface area contributed by atoms with E-state index >= 15 is 0 Å². The Morgan fingerprint density at radius 3 is 2.56 bits per heavy atom. The molecule has 0 aromatic heterocycles. The number of amides is 1. The zero-order chi connectivity index (χ0) is 18.6. The van der Waals surface area contributed by atoms with Crippen LogP contribution in [0.1, 0.15) is 11.1 Å². The fourth-order valence-electron chi connectivity index (χ4n) is 3.22. The van der Waals surface area contributed by atoms with Gasteiger partial charge in [0.15, 0.2) is 5.17 Å². The molecule has 2 heterocycles. The smallest absolute Gasteiger partial charge is 0.286 e. The maximum atomic E-state index is 12.3. The Balaban J connectivity index is 1.35. The van der Waals surface area contributed by atoms with Crippen LogP contribution in [0.15, 0.2) is 69.0 Å². The first-order valence-corrected chi connectivity index (χ1v) is 10.6. The van der Waals surface area contributed by atoms with Crippen LogP contribution < -0.4 is 0 Å². The van der Waals surface area contributed by atoms with Gasteiger partial charge in [0.1, 0.15) is 0 Å². The fourth-order valence-corrected chi connectivity index (χ4v) is 4.60. The highest BCUT2D eigenvalue weighted by Gasteiger charge is 2.28. The lowest BCUT2D eigenvalue weighted by atomic mass is 10.2. The van der Waals surface area contributed by atoms with Gasteiger partial charge in [-0.25, -0.2) is 0 Å². The molecule has 0 unspecified atom stereocenters. The van der Waals surface area contributed by atoms with Gasteiger partial charge in [0, 0.05) is 37.2 Å². The lowest BCUT2D eigenvalue weighted by Crippen LogP contribution is -2.47. The zero-order valence-electron chi connectivity index (χ0n) is 14.8. The second-order valence-corrected chi connectivity index (χ2v) is 8.54. The Morgan fingerprint density at radius 1 is 1.04 bits per heavy atom. The molecule has 4 rings (SSSR count). The third kappa shape index (κ3) is 4.69. The lowest BCUT2D eigenvalue weighted by molar-refractivity contribution is -0.113. The number of carbonyl (C=O) groups excluding carboxylic acids is 1. The molecule has 0 atom stereocenters. The minimum Gasteiger partial charge on any atom is -0.348 e. The molecular formula is C21H20BrN3OS. The monoisotopic (exact) mass is 441 g/mol. The number of aliphatic imine (C=N–C) groups is 1. The third-order valence-electron chi connectivity index (χ3n) is 4.65. The lowest BCUT2D eigenvalue weighted by Gasteiger charge is -2.35. The van der Waals surface area contributed by atoms with Crippen LogP contribution in [-0.2, 0) is 11.3 Å². The predicted octanol–water partition coefficient (Wildman–Crippen LogP) is 4.24. The van der Waals surface area contributed by atoms with Gasteiger partial charge in [-0.15, -0.1) is 0 Å². The van der Waals surface area contributed by atoms with Crippen molar-refractivity contribution in [2.75, 3.05) is 26.2 Å². The Labute approximate surface area is 172 Å². The number of piperazine rings is 1. The van der Waals surface area contributed by atoms with Crippen LogP contribution in [0.25, 0.3) is 6.08 Å². The Bertz CT molecular complexity index is 889. The SMILES string of the molecule is O=C1N=C(N2CCN(Cc3ccccc3)CC2)S/C1=C\c1cccc(Br)c1. The summed E-state index contributed by atoms with van der Waals surface area (Å²) in [6.45, 7) is 4.73. The maximum Gasteiger partial charge on any atom is 0.286 e. The van der Waals surface area contributed by atoms with Gasteiger partial charge in [0.05, 0.1) is 4.91 Å². The van der Waals surface area contributed by atoms with Crippen molar-refractivity contribution in [3.8, 4) is 0 Å². The number of hydrogen-bond acceptors (Lipinski definition) is 4. The van der Waals surface area contributed by atoms with Gasteiger partial charge in [-0.3, -0.25) is 9.69 Å². The summed E-state index contributed by atoms with van der Waals surface area (Å²) in [5.74, 6) is -0.137. The van der Waals surface area contributed by atoms with Crippen molar-refractivity contribution in [2.45, 2.75) is 6.54 Å². The Kier molecular flexibility index (Phi) is 5.76. The standard InChI is InChI=1S/C21H20BrN3OS/c22-18-8-4-7-17(13-18)14-19-20(26)23-21(27-19)25-11-9-24(10-12-25)15-16-5-2-1-3-6-16/h1-8,13-14H,9-12,15H2/b19-14-. The normalized spacial score (nSPS) is 19.6. The van der Waals surface area contributed by atoms with E-state index in [0.29, 0.717) is 4.91 Å².